The maximum atomic E-state index is 5.61. The van der Waals surface area contributed by atoms with Crippen molar-refractivity contribution in [1.82, 2.24) is 5.32 Å². The molecule has 0 bridgehead atoms. The molecule has 0 atom stereocenters. The number of thiocarbonyl (C=S) groups is 1. The van der Waals surface area contributed by atoms with E-state index < -0.39 is 0 Å². The molecular formula is C17H26N2OS. The normalized spacial score (nSPS) is 16.6. The van der Waals surface area contributed by atoms with Crippen LogP contribution in [0.25, 0.3) is 0 Å². The fourth-order valence-electron chi connectivity index (χ4n) is 2.80. The molecule has 0 amide bonds. The smallest absolute Gasteiger partial charge is 0.171 e. The van der Waals surface area contributed by atoms with E-state index in [9.17, 15) is 0 Å². The second-order valence-corrected chi connectivity index (χ2v) is 5.98. The minimum Gasteiger partial charge on any atom is -0.492 e. The maximum Gasteiger partial charge on any atom is 0.171 e. The first-order valence-electron chi connectivity index (χ1n) is 8.09. The van der Waals surface area contributed by atoms with Crippen molar-refractivity contribution in [1.29, 1.82) is 0 Å². The number of hydrogen-bond donors (Lipinski definition) is 2. The molecule has 0 aromatic heterocycles. The SMILES string of the molecule is CCOc1ccccc1NC(=S)NC1CCCCCCC1. The zero-order valence-electron chi connectivity index (χ0n) is 12.9. The van der Waals surface area contributed by atoms with Gasteiger partial charge in [0.25, 0.3) is 0 Å². The lowest BCUT2D eigenvalue weighted by molar-refractivity contribution is 0.342. The molecule has 2 N–H and O–H groups in total. The Hall–Kier alpha value is -1.29. The van der Waals surface area contributed by atoms with Crippen LogP contribution in [0.4, 0.5) is 5.69 Å². The van der Waals surface area contributed by atoms with E-state index >= 15 is 0 Å². The van der Waals surface area contributed by atoms with Crippen molar-refractivity contribution in [3.05, 3.63) is 24.3 Å². The van der Waals surface area contributed by atoms with Crippen LogP contribution in [0, 0.1) is 0 Å². The number of para-hydroxylation sites is 2. The largest absolute Gasteiger partial charge is 0.492 e. The molecule has 1 aromatic rings. The molecule has 2 rings (SSSR count). The summed E-state index contributed by atoms with van der Waals surface area (Å²) in [5.41, 5.74) is 0.933. The fourth-order valence-corrected chi connectivity index (χ4v) is 3.07. The van der Waals surface area contributed by atoms with Gasteiger partial charge in [-0.05, 0) is 44.1 Å². The van der Waals surface area contributed by atoms with E-state index in [1.165, 1.54) is 44.9 Å². The highest BCUT2D eigenvalue weighted by Crippen LogP contribution is 2.24. The maximum absolute atomic E-state index is 5.61. The van der Waals surface area contributed by atoms with Crippen molar-refractivity contribution >= 4 is 23.0 Å². The molecule has 1 saturated carbocycles. The van der Waals surface area contributed by atoms with Gasteiger partial charge in [0, 0.05) is 6.04 Å². The van der Waals surface area contributed by atoms with E-state index in [0.717, 1.165) is 11.4 Å². The lowest BCUT2D eigenvalue weighted by Gasteiger charge is -2.23. The zero-order valence-corrected chi connectivity index (χ0v) is 13.7. The topological polar surface area (TPSA) is 33.3 Å². The summed E-state index contributed by atoms with van der Waals surface area (Å²) < 4.78 is 5.61. The Morgan fingerprint density at radius 1 is 1.14 bits per heavy atom. The lowest BCUT2D eigenvalue weighted by Crippen LogP contribution is -2.38. The molecule has 0 radical (unpaired) electrons. The number of anilines is 1. The Bertz CT molecular complexity index is 442. The molecule has 0 spiro atoms. The van der Waals surface area contributed by atoms with Gasteiger partial charge in [-0.3, -0.25) is 0 Å². The predicted molar refractivity (Wildman–Crippen MR) is 93.1 cm³/mol. The molecule has 1 aliphatic carbocycles. The van der Waals surface area contributed by atoms with Crippen LogP contribution >= 0.6 is 12.2 Å². The summed E-state index contributed by atoms with van der Waals surface area (Å²) in [6, 6.07) is 8.43. The van der Waals surface area contributed by atoms with Crippen LogP contribution in [-0.2, 0) is 0 Å². The molecule has 4 heteroatoms. The minimum absolute atomic E-state index is 0.504. The third kappa shape index (κ3) is 5.54. The molecule has 0 aliphatic heterocycles. The Morgan fingerprint density at radius 3 is 2.52 bits per heavy atom. The van der Waals surface area contributed by atoms with Gasteiger partial charge in [-0.1, -0.05) is 44.2 Å². The Kier molecular flexibility index (Phi) is 6.80. The lowest BCUT2D eigenvalue weighted by atomic mass is 9.97. The molecule has 116 valence electrons. The average Bonchev–Trinajstić information content (AvgIpc) is 2.44. The van der Waals surface area contributed by atoms with E-state index in [1.54, 1.807) is 0 Å². The number of benzene rings is 1. The van der Waals surface area contributed by atoms with Gasteiger partial charge in [0.2, 0.25) is 0 Å². The van der Waals surface area contributed by atoms with Gasteiger partial charge in [0.1, 0.15) is 5.75 Å². The molecule has 1 aliphatic rings. The highest BCUT2D eigenvalue weighted by molar-refractivity contribution is 7.80. The number of ether oxygens (including phenoxy) is 1. The summed E-state index contributed by atoms with van der Waals surface area (Å²) in [5.74, 6) is 0.849. The summed E-state index contributed by atoms with van der Waals surface area (Å²) in [7, 11) is 0. The number of hydrogen-bond acceptors (Lipinski definition) is 2. The highest BCUT2D eigenvalue weighted by atomic mass is 32.1. The quantitative estimate of drug-likeness (QED) is 0.803. The summed E-state index contributed by atoms with van der Waals surface area (Å²) in [6.07, 6.45) is 9.13. The van der Waals surface area contributed by atoms with Gasteiger partial charge >= 0.3 is 0 Å². The Labute approximate surface area is 133 Å². The molecular weight excluding hydrogens is 280 g/mol. The van der Waals surface area contributed by atoms with Crippen LogP contribution in [0.2, 0.25) is 0 Å². The van der Waals surface area contributed by atoms with Crippen molar-refractivity contribution in [3.63, 3.8) is 0 Å². The van der Waals surface area contributed by atoms with Crippen LogP contribution < -0.4 is 15.4 Å². The zero-order chi connectivity index (χ0) is 14.9. The summed E-state index contributed by atoms with van der Waals surface area (Å²) in [6.45, 7) is 2.64. The second-order valence-electron chi connectivity index (χ2n) is 5.57. The summed E-state index contributed by atoms with van der Waals surface area (Å²) in [5, 5.41) is 7.44. The van der Waals surface area contributed by atoms with E-state index in [-0.39, 0.29) is 0 Å². The third-order valence-electron chi connectivity index (χ3n) is 3.88. The van der Waals surface area contributed by atoms with Crippen molar-refractivity contribution in [3.8, 4) is 5.75 Å². The van der Waals surface area contributed by atoms with Gasteiger partial charge in [0.05, 0.1) is 12.3 Å². The Balaban J connectivity index is 1.88. The molecule has 3 nitrogen and oxygen atoms in total. The average molecular weight is 306 g/mol. The van der Waals surface area contributed by atoms with Crippen molar-refractivity contribution in [2.75, 3.05) is 11.9 Å². The monoisotopic (exact) mass is 306 g/mol. The van der Waals surface area contributed by atoms with Crippen molar-refractivity contribution < 1.29 is 4.74 Å². The van der Waals surface area contributed by atoms with Crippen LogP contribution in [0.15, 0.2) is 24.3 Å². The van der Waals surface area contributed by atoms with Crippen molar-refractivity contribution in [2.24, 2.45) is 0 Å². The molecule has 1 aromatic carbocycles. The van der Waals surface area contributed by atoms with Crippen LogP contribution in [0.3, 0.4) is 0 Å². The molecule has 1 fully saturated rings. The van der Waals surface area contributed by atoms with Crippen molar-refractivity contribution in [2.45, 2.75) is 57.9 Å². The summed E-state index contributed by atoms with van der Waals surface area (Å²) in [4.78, 5) is 0. The van der Waals surface area contributed by atoms with E-state index in [4.69, 9.17) is 17.0 Å². The van der Waals surface area contributed by atoms with Crippen LogP contribution in [0.1, 0.15) is 51.9 Å². The number of nitrogens with one attached hydrogen (secondary N) is 2. The second kappa shape index (κ2) is 8.88. The van der Waals surface area contributed by atoms with Gasteiger partial charge < -0.3 is 15.4 Å². The fraction of sp³-hybridized carbons (Fsp3) is 0.588. The molecule has 0 saturated heterocycles. The van der Waals surface area contributed by atoms with Crippen LogP contribution in [-0.4, -0.2) is 17.8 Å². The first-order chi connectivity index (χ1) is 10.3. The minimum atomic E-state index is 0.504. The Morgan fingerprint density at radius 2 is 1.81 bits per heavy atom. The summed E-state index contributed by atoms with van der Waals surface area (Å²) >= 11 is 5.46. The standard InChI is InChI=1S/C17H26N2OS/c1-2-20-16-13-9-8-12-15(16)19-17(21)18-14-10-6-4-3-5-7-11-14/h8-9,12-14H,2-7,10-11H2,1H3,(H2,18,19,21). The van der Waals surface area contributed by atoms with Gasteiger partial charge in [-0.2, -0.15) is 0 Å². The first-order valence-corrected chi connectivity index (χ1v) is 8.49. The first kappa shape index (κ1) is 16.1. The van der Waals surface area contributed by atoms with Crippen LogP contribution in [0.5, 0.6) is 5.75 Å². The van der Waals surface area contributed by atoms with E-state index in [2.05, 4.69) is 10.6 Å². The molecule has 0 unspecified atom stereocenters. The molecule has 0 heterocycles. The van der Waals surface area contributed by atoms with Gasteiger partial charge in [0.15, 0.2) is 5.11 Å². The van der Waals surface area contributed by atoms with Gasteiger partial charge in [-0.15, -0.1) is 0 Å². The number of rotatable bonds is 4. The highest BCUT2D eigenvalue weighted by Gasteiger charge is 2.13. The third-order valence-corrected chi connectivity index (χ3v) is 4.10. The van der Waals surface area contributed by atoms with Gasteiger partial charge in [-0.25, -0.2) is 0 Å². The predicted octanol–water partition coefficient (Wildman–Crippen LogP) is 4.48. The van der Waals surface area contributed by atoms with E-state index in [1.807, 2.05) is 31.2 Å². The molecule has 21 heavy (non-hydrogen) atoms. The van der Waals surface area contributed by atoms with E-state index in [0.29, 0.717) is 17.8 Å².